The van der Waals surface area contributed by atoms with Crippen molar-refractivity contribution in [2.24, 2.45) is 0 Å². The molecule has 22 heavy (non-hydrogen) atoms. The molecule has 1 heterocycles. The predicted molar refractivity (Wildman–Crippen MR) is 95.3 cm³/mol. The molecular formula is C17H16N4S. The topological polar surface area (TPSA) is 49.8 Å². The van der Waals surface area contributed by atoms with Gasteiger partial charge < -0.3 is 10.6 Å². The Kier molecular flexibility index (Phi) is 3.98. The number of aromatic nitrogens is 2. The molecule has 4 nitrogen and oxygen atoms in total. The van der Waals surface area contributed by atoms with Crippen molar-refractivity contribution < 1.29 is 0 Å². The highest BCUT2D eigenvalue weighted by Crippen LogP contribution is 2.22. The minimum atomic E-state index is 0.549. The maximum atomic E-state index is 5.40. The zero-order valence-electron chi connectivity index (χ0n) is 12.4. The number of thiocarbonyl (C=S) groups is 1. The zero-order chi connectivity index (χ0) is 15.5. The van der Waals surface area contributed by atoms with Gasteiger partial charge in [0.25, 0.3) is 0 Å². The van der Waals surface area contributed by atoms with Crippen LogP contribution in [0.5, 0.6) is 0 Å². The Bertz CT molecular complexity index is 840. The molecule has 2 N–H and O–H groups in total. The summed E-state index contributed by atoms with van der Waals surface area (Å²) >= 11 is 5.40. The average molecular weight is 308 g/mol. The third-order valence-electron chi connectivity index (χ3n) is 3.60. The average Bonchev–Trinajstić information content (AvgIpc) is 2.51. The number of rotatable bonds is 2. The van der Waals surface area contributed by atoms with Crippen molar-refractivity contribution in [1.82, 2.24) is 10.2 Å². The van der Waals surface area contributed by atoms with Crippen LogP contribution >= 0.6 is 12.2 Å². The van der Waals surface area contributed by atoms with Crippen molar-refractivity contribution in [3.63, 3.8) is 0 Å². The molecule has 0 aliphatic carbocycles. The smallest absolute Gasteiger partial charge is 0.175 e. The van der Waals surface area contributed by atoms with E-state index in [1.165, 1.54) is 11.1 Å². The molecule has 0 aliphatic rings. The molecule has 3 rings (SSSR count). The van der Waals surface area contributed by atoms with Crippen molar-refractivity contribution in [2.75, 3.05) is 10.6 Å². The minimum absolute atomic E-state index is 0.549. The highest BCUT2D eigenvalue weighted by Gasteiger charge is 2.04. The number of nitrogens with zero attached hydrogens (tertiary/aromatic N) is 2. The summed E-state index contributed by atoms with van der Waals surface area (Å²) < 4.78 is 0. The Morgan fingerprint density at radius 3 is 2.59 bits per heavy atom. The maximum absolute atomic E-state index is 5.40. The summed E-state index contributed by atoms with van der Waals surface area (Å²) in [5.74, 6) is 0. The number of hydrogen-bond donors (Lipinski definition) is 2. The van der Waals surface area contributed by atoms with Gasteiger partial charge in [-0.1, -0.05) is 18.2 Å². The third-order valence-corrected chi connectivity index (χ3v) is 3.81. The van der Waals surface area contributed by atoms with Gasteiger partial charge in [0.05, 0.1) is 12.4 Å². The Hall–Kier alpha value is -2.53. The first kappa shape index (κ1) is 14.4. The van der Waals surface area contributed by atoms with Gasteiger partial charge in [0.2, 0.25) is 0 Å². The van der Waals surface area contributed by atoms with Crippen molar-refractivity contribution in [1.29, 1.82) is 0 Å². The summed E-state index contributed by atoms with van der Waals surface area (Å²) in [5, 5.41) is 16.8. The van der Waals surface area contributed by atoms with Crippen LogP contribution in [0.15, 0.2) is 48.8 Å². The lowest BCUT2D eigenvalue weighted by Gasteiger charge is -2.13. The number of benzene rings is 2. The van der Waals surface area contributed by atoms with Gasteiger partial charge in [-0.25, -0.2) is 0 Å². The Labute approximate surface area is 134 Å². The quantitative estimate of drug-likeness (QED) is 0.699. The van der Waals surface area contributed by atoms with Crippen molar-refractivity contribution in [3.8, 4) is 0 Å². The maximum Gasteiger partial charge on any atom is 0.175 e. The van der Waals surface area contributed by atoms with E-state index in [1.54, 1.807) is 12.4 Å². The summed E-state index contributed by atoms with van der Waals surface area (Å²) in [4.78, 5) is 0. The van der Waals surface area contributed by atoms with Crippen molar-refractivity contribution in [2.45, 2.75) is 13.8 Å². The van der Waals surface area contributed by atoms with Crippen LogP contribution in [0.4, 0.5) is 11.4 Å². The number of anilines is 2. The van der Waals surface area contributed by atoms with Crippen LogP contribution in [0, 0.1) is 13.8 Å². The molecule has 0 bridgehead atoms. The Morgan fingerprint density at radius 1 is 0.955 bits per heavy atom. The summed E-state index contributed by atoms with van der Waals surface area (Å²) in [6.07, 6.45) is 3.47. The summed E-state index contributed by atoms with van der Waals surface area (Å²) in [5.41, 5.74) is 4.37. The summed E-state index contributed by atoms with van der Waals surface area (Å²) in [6.45, 7) is 4.17. The normalized spacial score (nSPS) is 10.5. The van der Waals surface area contributed by atoms with Gasteiger partial charge in [0, 0.05) is 22.1 Å². The molecule has 5 heteroatoms. The molecule has 0 saturated heterocycles. The monoisotopic (exact) mass is 308 g/mol. The fraction of sp³-hybridized carbons (Fsp3) is 0.118. The van der Waals surface area contributed by atoms with E-state index >= 15 is 0 Å². The summed E-state index contributed by atoms with van der Waals surface area (Å²) in [7, 11) is 0. The second-order valence-corrected chi connectivity index (χ2v) is 5.58. The molecule has 0 fully saturated rings. The zero-order valence-corrected chi connectivity index (χ0v) is 13.2. The molecule has 0 spiro atoms. The first-order valence-electron chi connectivity index (χ1n) is 6.98. The molecule has 1 aromatic heterocycles. The van der Waals surface area contributed by atoms with Gasteiger partial charge in [-0.2, -0.15) is 10.2 Å². The standard InChI is InChI=1S/C17H16N4S/c1-11-6-7-14(8-12(11)2)20-17(22)21-16-5-3-4-13-9-18-19-10-15(13)16/h3-10H,1-2H3,(H2,20,21,22). The summed E-state index contributed by atoms with van der Waals surface area (Å²) in [6, 6.07) is 12.1. The van der Waals surface area contributed by atoms with Gasteiger partial charge in [-0.15, -0.1) is 0 Å². The largest absolute Gasteiger partial charge is 0.332 e. The molecule has 0 amide bonds. The first-order valence-corrected chi connectivity index (χ1v) is 7.39. The lowest BCUT2D eigenvalue weighted by atomic mass is 10.1. The van der Waals surface area contributed by atoms with Gasteiger partial charge in [-0.3, -0.25) is 0 Å². The highest BCUT2D eigenvalue weighted by atomic mass is 32.1. The van der Waals surface area contributed by atoms with Crippen LogP contribution in [0.25, 0.3) is 10.8 Å². The molecule has 110 valence electrons. The first-order chi connectivity index (χ1) is 10.6. The van der Waals surface area contributed by atoms with Gasteiger partial charge >= 0.3 is 0 Å². The van der Waals surface area contributed by atoms with Crippen LogP contribution in [-0.2, 0) is 0 Å². The molecule has 0 unspecified atom stereocenters. The lowest BCUT2D eigenvalue weighted by Crippen LogP contribution is -2.19. The molecule has 3 aromatic rings. The van der Waals surface area contributed by atoms with E-state index in [0.29, 0.717) is 5.11 Å². The van der Waals surface area contributed by atoms with Gasteiger partial charge in [0.15, 0.2) is 5.11 Å². The highest BCUT2D eigenvalue weighted by molar-refractivity contribution is 7.80. The van der Waals surface area contributed by atoms with E-state index in [1.807, 2.05) is 24.3 Å². The van der Waals surface area contributed by atoms with E-state index in [-0.39, 0.29) is 0 Å². The van der Waals surface area contributed by atoms with Crippen LogP contribution in [-0.4, -0.2) is 15.3 Å². The van der Waals surface area contributed by atoms with Crippen LogP contribution in [0.3, 0.4) is 0 Å². The van der Waals surface area contributed by atoms with Crippen LogP contribution in [0.1, 0.15) is 11.1 Å². The molecule has 2 aromatic carbocycles. The van der Waals surface area contributed by atoms with E-state index < -0.39 is 0 Å². The Balaban J connectivity index is 1.80. The van der Waals surface area contributed by atoms with Gasteiger partial charge in [-0.05, 0) is 55.4 Å². The molecular weight excluding hydrogens is 292 g/mol. The fourth-order valence-corrected chi connectivity index (χ4v) is 2.47. The van der Waals surface area contributed by atoms with Crippen molar-refractivity contribution in [3.05, 3.63) is 59.9 Å². The second-order valence-electron chi connectivity index (χ2n) is 5.18. The van der Waals surface area contributed by atoms with E-state index in [4.69, 9.17) is 12.2 Å². The lowest BCUT2D eigenvalue weighted by molar-refractivity contribution is 1.05. The number of aryl methyl sites for hydroxylation is 2. The molecule has 0 aliphatic heterocycles. The third kappa shape index (κ3) is 3.04. The van der Waals surface area contributed by atoms with Crippen LogP contribution < -0.4 is 10.6 Å². The fourth-order valence-electron chi connectivity index (χ4n) is 2.24. The second kappa shape index (κ2) is 6.07. The number of fused-ring (bicyclic) bond motifs is 1. The minimum Gasteiger partial charge on any atom is -0.332 e. The van der Waals surface area contributed by atoms with E-state index in [9.17, 15) is 0 Å². The van der Waals surface area contributed by atoms with Gasteiger partial charge in [0.1, 0.15) is 0 Å². The molecule has 0 saturated carbocycles. The Morgan fingerprint density at radius 2 is 1.77 bits per heavy atom. The van der Waals surface area contributed by atoms with E-state index in [2.05, 4.69) is 46.8 Å². The number of hydrogen-bond acceptors (Lipinski definition) is 3. The molecule has 0 atom stereocenters. The number of nitrogens with one attached hydrogen (secondary N) is 2. The predicted octanol–water partition coefficient (Wildman–Crippen LogP) is 4.06. The van der Waals surface area contributed by atoms with Crippen molar-refractivity contribution >= 4 is 39.5 Å². The SMILES string of the molecule is Cc1ccc(NC(=S)Nc2cccc3cnncc23)cc1C. The van der Waals surface area contributed by atoms with E-state index in [0.717, 1.165) is 22.1 Å². The molecule has 0 radical (unpaired) electrons. The van der Waals surface area contributed by atoms with Crippen LogP contribution in [0.2, 0.25) is 0 Å².